The van der Waals surface area contributed by atoms with E-state index in [2.05, 4.69) is 15.6 Å². The molecule has 1 aromatic carbocycles. The van der Waals surface area contributed by atoms with Crippen LogP contribution in [0.4, 0.5) is 17.2 Å². The summed E-state index contributed by atoms with van der Waals surface area (Å²) in [5.41, 5.74) is 2.42. The number of nitrogens with one attached hydrogen (secondary N) is 2. The van der Waals surface area contributed by atoms with Crippen molar-refractivity contribution < 1.29 is 4.79 Å². The maximum atomic E-state index is 11.9. The molecule has 4 nitrogen and oxygen atoms in total. The van der Waals surface area contributed by atoms with Gasteiger partial charge in [-0.05, 0) is 42.8 Å². The summed E-state index contributed by atoms with van der Waals surface area (Å²) in [7, 11) is 0. The Labute approximate surface area is 135 Å². The van der Waals surface area contributed by atoms with Crippen LogP contribution in [0.25, 0.3) is 0 Å². The summed E-state index contributed by atoms with van der Waals surface area (Å²) in [5.74, 6) is 0.479. The Hall–Kier alpha value is -2.07. The zero-order valence-electron chi connectivity index (χ0n) is 13.2. The lowest BCUT2D eigenvalue weighted by atomic mass is 9.96. The molecule has 2 rings (SSSR count). The average Bonchev–Trinajstić information content (AvgIpc) is 2.43. The molecule has 0 aliphatic carbocycles. The maximum absolute atomic E-state index is 11.9. The number of hydrogen-bond donors (Lipinski definition) is 2. The third kappa shape index (κ3) is 4.21. The molecule has 0 bridgehead atoms. The molecule has 22 heavy (non-hydrogen) atoms. The van der Waals surface area contributed by atoms with Gasteiger partial charge < -0.3 is 10.6 Å². The minimum Gasteiger partial charge on any atom is -0.354 e. The van der Waals surface area contributed by atoms with Gasteiger partial charge in [-0.25, -0.2) is 4.98 Å². The molecule has 0 aliphatic heterocycles. The third-order valence-corrected chi connectivity index (χ3v) is 3.39. The zero-order valence-corrected chi connectivity index (χ0v) is 14.0. The molecule has 1 amide bonds. The molecular formula is C17H20ClN3O. The zero-order chi connectivity index (χ0) is 16.3. The van der Waals surface area contributed by atoms with Crippen LogP contribution in [0.2, 0.25) is 5.02 Å². The minimum absolute atomic E-state index is 0.0609. The standard InChI is InChI=1S/C17H20ClN3O/c1-11-9-12(18)5-7-14(11)20-13-6-8-15(19-10-13)21-16(22)17(2,3)4/h5-10,20H,1-4H3,(H,19,21,22). The van der Waals surface area contributed by atoms with Crippen molar-refractivity contribution in [3.63, 3.8) is 0 Å². The predicted octanol–water partition coefficient (Wildman–Crippen LogP) is 4.77. The van der Waals surface area contributed by atoms with E-state index in [0.717, 1.165) is 16.9 Å². The topological polar surface area (TPSA) is 54.0 Å². The summed E-state index contributed by atoms with van der Waals surface area (Å²) >= 11 is 5.95. The monoisotopic (exact) mass is 317 g/mol. The van der Waals surface area contributed by atoms with Gasteiger partial charge in [0, 0.05) is 16.1 Å². The first-order chi connectivity index (χ1) is 10.3. The van der Waals surface area contributed by atoms with Gasteiger partial charge in [-0.1, -0.05) is 32.4 Å². The molecule has 116 valence electrons. The second kappa shape index (κ2) is 6.36. The van der Waals surface area contributed by atoms with Gasteiger partial charge in [-0.3, -0.25) is 4.79 Å². The second-order valence-corrected chi connectivity index (χ2v) is 6.66. The van der Waals surface area contributed by atoms with E-state index < -0.39 is 5.41 Å². The van der Waals surface area contributed by atoms with Crippen LogP contribution >= 0.6 is 11.6 Å². The van der Waals surface area contributed by atoms with E-state index in [1.807, 2.05) is 52.0 Å². The molecule has 1 aromatic heterocycles. The highest BCUT2D eigenvalue weighted by molar-refractivity contribution is 6.30. The number of pyridine rings is 1. The average molecular weight is 318 g/mol. The number of anilines is 3. The number of nitrogens with zero attached hydrogens (tertiary/aromatic N) is 1. The van der Waals surface area contributed by atoms with Gasteiger partial charge in [0.25, 0.3) is 0 Å². The van der Waals surface area contributed by atoms with Crippen molar-refractivity contribution in [2.24, 2.45) is 5.41 Å². The van der Waals surface area contributed by atoms with E-state index in [4.69, 9.17) is 11.6 Å². The molecule has 0 fully saturated rings. The van der Waals surface area contributed by atoms with Crippen LogP contribution in [0.5, 0.6) is 0 Å². The van der Waals surface area contributed by atoms with Crippen LogP contribution in [0.15, 0.2) is 36.5 Å². The van der Waals surface area contributed by atoms with Crippen LogP contribution in [-0.4, -0.2) is 10.9 Å². The van der Waals surface area contributed by atoms with Gasteiger partial charge in [-0.15, -0.1) is 0 Å². The van der Waals surface area contributed by atoms with Gasteiger partial charge in [0.2, 0.25) is 5.91 Å². The number of amides is 1. The summed E-state index contributed by atoms with van der Waals surface area (Å²) < 4.78 is 0. The Kier molecular flexibility index (Phi) is 4.71. The van der Waals surface area contributed by atoms with Crippen molar-refractivity contribution in [2.45, 2.75) is 27.7 Å². The van der Waals surface area contributed by atoms with Crippen molar-refractivity contribution in [1.29, 1.82) is 0 Å². The molecular weight excluding hydrogens is 298 g/mol. The molecule has 5 heteroatoms. The number of aryl methyl sites for hydroxylation is 1. The normalized spacial score (nSPS) is 11.1. The Balaban J connectivity index is 2.07. The summed E-state index contributed by atoms with van der Waals surface area (Å²) in [5, 5.41) is 6.78. The third-order valence-electron chi connectivity index (χ3n) is 3.15. The summed E-state index contributed by atoms with van der Waals surface area (Å²) in [6, 6.07) is 9.31. The smallest absolute Gasteiger partial charge is 0.230 e. The lowest BCUT2D eigenvalue weighted by molar-refractivity contribution is -0.123. The van der Waals surface area contributed by atoms with Crippen molar-refractivity contribution in [3.05, 3.63) is 47.1 Å². The van der Waals surface area contributed by atoms with Crippen molar-refractivity contribution in [3.8, 4) is 0 Å². The van der Waals surface area contributed by atoms with Crippen molar-refractivity contribution >= 4 is 34.7 Å². The molecule has 0 unspecified atom stereocenters. The molecule has 0 saturated heterocycles. The SMILES string of the molecule is Cc1cc(Cl)ccc1Nc1ccc(NC(=O)C(C)(C)C)nc1. The molecule has 0 aliphatic rings. The molecule has 0 spiro atoms. The second-order valence-electron chi connectivity index (χ2n) is 6.22. The van der Waals surface area contributed by atoms with Crippen molar-refractivity contribution in [2.75, 3.05) is 10.6 Å². The van der Waals surface area contributed by atoms with Gasteiger partial charge in [-0.2, -0.15) is 0 Å². The number of rotatable bonds is 3. The molecule has 2 N–H and O–H groups in total. The summed E-state index contributed by atoms with van der Waals surface area (Å²) in [6.45, 7) is 7.57. The molecule has 2 aromatic rings. The molecule has 1 heterocycles. The van der Waals surface area contributed by atoms with Gasteiger partial charge in [0.1, 0.15) is 5.82 Å². The van der Waals surface area contributed by atoms with Crippen LogP contribution < -0.4 is 10.6 Å². The van der Waals surface area contributed by atoms with E-state index in [1.165, 1.54) is 0 Å². The van der Waals surface area contributed by atoms with Crippen molar-refractivity contribution in [1.82, 2.24) is 4.98 Å². The fourth-order valence-corrected chi connectivity index (χ4v) is 2.00. The van der Waals surface area contributed by atoms with Crippen LogP contribution in [-0.2, 0) is 4.79 Å². The Bertz CT molecular complexity index is 675. The number of benzene rings is 1. The van der Waals surface area contributed by atoms with Crippen LogP contribution in [0.1, 0.15) is 26.3 Å². The highest BCUT2D eigenvalue weighted by atomic mass is 35.5. The molecule has 0 radical (unpaired) electrons. The highest BCUT2D eigenvalue weighted by Crippen LogP contribution is 2.24. The van der Waals surface area contributed by atoms with E-state index in [1.54, 1.807) is 12.3 Å². The first-order valence-corrected chi connectivity index (χ1v) is 7.44. The number of hydrogen-bond acceptors (Lipinski definition) is 3. The van der Waals surface area contributed by atoms with Crippen LogP contribution in [0, 0.1) is 12.3 Å². The Morgan fingerprint density at radius 3 is 2.45 bits per heavy atom. The molecule has 0 atom stereocenters. The maximum Gasteiger partial charge on any atom is 0.230 e. The fraction of sp³-hybridized carbons (Fsp3) is 0.294. The van der Waals surface area contributed by atoms with E-state index in [-0.39, 0.29) is 5.91 Å². The van der Waals surface area contributed by atoms with Crippen LogP contribution in [0.3, 0.4) is 0 Å². The lowest BCUT2D eigenvalue weighted by Crippen LogP contribution is -2.27. The van der Waals surface area contributed by atoms with E-state index in [0.29, 0.717) is 10.8 Å². The first kappa shape index (κ1) is 16.3. The molecule has 0 saturated carbocycles. The predicted molar refractivity (Wildman–Crippen MR) is 91.8 cm³/mol. The van der Waals surface area contributed by atoms with Gasteiger partial charge in [0.15, 0.2) is 0 Å². The Morgan fingerprint density at radius 1 is 1.18 bits per heavy atom. The summed E-state index contributed by atoms with van der Waals surface area (Å²) in [6.07, 6.45) is 1.69. The van der Waals surface area contributed by atoms with Gasteiger partial charge in [0.05, 0.1) is 11.9 Å². The number of aromatic nitrogens is 1. The quantitative estimate of drug-likeness (QED) is 0.857. The number of carbonyl (C=O) groups is 1. The number of halogens is 1. The summed E-state index contributed by atoms with van der Waals surface area (Å²) in [4.78, 5) is 16.2. The highest BCUT2D eigenvalue weighted by Gasteiger charge is 2.21. The Morgan fingerprint density at radius 2 is 1.91 bits per heavy atom. The fourth-order valence-electron chi connectivity index (χ4n) is 1.77. The first-order valence-electron chi connectivity index (χ1n) is 7.06. The number of carbonyl (C=O) groups excluding carboxylic acids is 1. The minimum atomic E-state index is -0.445. The van der Waals surface area contributed by atoms with E-state index >= 15 is 0 Å². The lowest BCUT2D eigenvalue weighted by Gasteiger charge is -2.17. The largest absolute Gasteiger partial charge is 0.354 e. The van der Waals surface area contributed by atoms with Gasteiger partial charge >= 0.3 is 0 Å². The van der Waals surface area contributed by atoms with E-state index in [9.17, 15) is 4.79 Å².